The maximum atomic E-state index is 12.4. The van der Waals surface area contributed by atoms with Crippen LogP contribution in [-0.2, 0) is 19.6 Å². The van der Waals surface area contributed by atoms with E-state index in [4.69, 9.17) is 9.47 Å². The summed E-state index contributed by atoms with van der Waals surface area (Å²) in [5.74, 6) is -0.439. The standard InChI is InChI=1S/C18H20N2O7S/c1-25-15-9-8-14(10-16(15)26-2)28(23,24)19-11-17(21)20-13-6-4-12(5-7-13)18(22)27-3/h4-10,19H,11H2,1-3H3,(H,20,21). The zero-order valence-electron chi connectivity index (χ0n) is 15.5. The Balaban J connectivity index is 2.00. The number of esters is 1. The number of benzene rings is 2. The monoisotopic (exact) mass is 408 g/mol. The average molecular weight is 408 g/mol. The topological polar surface area (TPSA) is 120 Å². The van der Waals surface area contributed by atoms with Crippen molar-refractivity contribution in [1.82, 2.24) is 4.72 Å². The zero-order chi connectivity index (χ0) is 20.7. The Morgan fingerprint density at radius 1 is 0.929 bits per heavy atom. The lowest BCUT2D eigenvalue weighted by molar-refractivity contribution is -0.115. The van der Waals surface area contributed by atoms with Gasteiger partial charge in [0.15, 0.2) is 11.5 Å². The fraction of sp³-hybridized carbons (Fsp3) is 0.222. The van der Waals surface area contributed by atoms with Gasteiger partial charge in [0.05, 0.1) is 38.3 Å². The van der Waals surface area contributed by atoms with E-state index in [2.05, 4.69) is 14.8 Å². The second-order valence-electron chi connectivity index (χ2n) is 5.46. The van der Waals surface area contributed by atoms with Crippen molar-refractivity contribution in [3.8, 4) is 11.5 Å². The van der Waals surface area contributed by atoms with E-state index in [1.54, 1.807) is 0 Å². The first-order chi connectivity index (χ1) is 13.3. The SMILES string of the molecule is COC(=O)c1ccc(NC(=O)CNS(=O)(=O)c2ccc(OC)c(OC)c2)cc1. The molecule has 0 saturated carbocycles. The van der Waals surface area contributed by atoms with E-state index in [0.717, 1.165) is 0 Å². The van der Waals surface area contributed by atoms with Crippen LogP contribution in [0.2, 0.25) is 0 Å². The lowest BCUT2D eigenvalue weighted by atomic mass is 10.2. The molecule has 1 amide bonds. The molecule has 0 unspecified atom stereocenters. The number of ether oxygens (including phenoxy) is 3. The number of carbonyl (C=O) groups is 2. The Morgan fingerprint density at radius 2 is 1.57 bits per heavy atom. The summed E-state index contributed by atoms with van der Waals surface area (Å²) in [7, 11) is 0.159. The van der Waals surface area contributed by atoms with Crippen LogP contribution in [0.1, 0.15) is 10.4 Å². The number of hydrogen-bond donors (Lipinski definition) is 2. The van der Waals surface area contributed by atoms with Gasteiger partial charge in [0.1, 0.15) is 0 Å². The van der Waals surface area contributed by atoms with Gasteiger partial charge in [0, 0.05) is 11.8 Å². The number of sulfonamides is 1. The molecule has 0 aliphatic heterocycles. The van der Waals surface area contributed by atoms with Crippen LogP contribution in [0.25, 0.3) is 0 Å². The van der Waals surface area contributed by atoms with Crippen molar-refractivity contribution in [3.05, 3.63) is 48.0 Å². The summed E-state index contributed by atoms with van der Waals surface area (Å²) in [6, 6.07) is 10.1. The van der Waals surface area contributed by atoms with Gasteiger partial charge in [-0.2, -0.15) is 0 Å². The van der Waals surface area contributed by atoms with E-state index in [1.165, 1.54) is 63.8 Å². The van der Waals surface area contributed by atoms with Gasteiger partial charge in [0.25, 0.3) is 0 Å². The Bertz CT molecular complexity index is 956. The molecule has 0 saturated heterocycles. The molecule has 0 aliphatic carbocycles. The first kappa shape index (κ1) is 21.2. The fourth-order valence-corrected chi connectivity index (χ4v) is 3.24. The molecule has 2 rings (SSSR count). The molecule has 0 radical (unpaired) electrons. The van der Waals surface area contributed by atoms with Crippen LogP contribution in [-0.4, -0.2) is 48.2 Å². The highest BCUT2D eigenvalue weighted by Gasteiger charge is 2.18. The third kappa shape index (κ3) is 5.21. The van der Waals surface area contributed by atoms with E-state index >= 15 is 0 Å². The van der Waals surface area contributed by atoms with E-state index in [1.807, 2.05) is 0 Å². The number of rotatable bonds is 8. The van der Waals surface area contributed by atoms with Crippen molar-refractivity contribution in [2.75, 3.05) is 33.2 Å². The molecule has 10 heteroatoms. The molecule has 2 aromatic carbocycles. The molecule has 0 aliphatic rings. The number of amides is 1. The summed E-state index contributed by atoms with van der Waals surface area (Å²) in [6.07, 6.45) is 0. The Labute approximate surface area is 162 Å². The number of anilines is 1. The Morgan fingerprint density at radius 3 is 2.14 bits per heavy atom. The summed E-state index contributed by atoms with van der Waals surface area (Å²) in [5.41, 5.74) is 0.734. The Kier molecular flexibility index (Phi) is 6.96. The molecule has 0 atom stereocenters. The minimum Gasteiger partial charge on any atom is -0.493 e. The molecule has 0 aromatic heterocycles. The van der Waals surface area contributed by atoms with Crippen molar-refractivity contribution in [2.45, 2.75) is 4.90 Å². The molecule has 2 aromatic rings. The smallest absolute Gasteiger partial charge is 0.337 e. The second-order valence-corrected chi connectivity index (χ2v) is 7.23. The largest absolute Gasteiger partial charge is 0.493 e. The fourth-order valence-electron chi connectivity index (χ4n) is 2.24. The van der Waals surface area contributed by atoms with Gasteiger partial charge >= 0.3 is 5.97 Å². The number of nitrogens with one attached hydrogen (secondary N) is 2. The van der Waals surface area contributed by atoms with E-state index in [-0.39, 0.29) is 10.6 Å². The molecule has 9 nitrogen and oxygen atoms in total. The maximum absolute atomic E-state index is 12.4. The number of methoxy groups -OCH3 is 3. The van der Waals surface area contributed by atoms with Crippen LogP contribution in [0, 0.1) is 0 Å². The van der Waals surface area contributed by atoms with Gasteiger partial charge in [-0.25, -0.2) is 17.9 Å². The van der Waals surface area contributed by atoms with Crippen LogP contribution >= 0.6 is 0 Å². The summed E-state index contributed by atoms with van der Waals surface area (Å²) >= 11 is 0. The van der Waals surface area contributed by atoms with E-state index < -0.39 is 28.4 Å². The molecule has 0 spiro atoms. The molecule has 2 N–H and O–H groups in total. The minimum absolute atomic E-state index is 0.0691. The predicted octanol–water partition coefficient (Wildman–Crippen LogP) is 1.41. The molecular weight excluding hydrogens is 388 g/mol. The van der Waals surface area contributed by atoms with Gasteiger partial charge in [-0.15, -0.1) is 0 Å². The van der Waals surface area contributed by atoms with Crippen molar-refractivity contribution >= 4 is 27.6 Å². The Hall–Kier alpha value is -3.11. The molecule has 0 heterocycles. The predicted molar refractivity (Wildman–Crippen MR) is 101 cm³/mol. The lowest BCUT2D eigenvalue weighted by Crippen LogP contribution is -2.32. The molecule has 0 bridgehead atoms. The summed E-state index contributed by atoms with van der Waals surface area (Å²) in [5, 5.41) is 2.53. The third-order valence-electron chi connectivity index (χ3n) is 3.68. The van der Waals surface area contributed by atoms with Crippen molar-refractivity contribution in [3.63, 3.8) is 0 Å². The highest BCUT2D eigenvalue weighted by molar-refractivity contribution is 7.89. The quantitative estimate of drug-likeness (QED) is 0.634. The van der Waals surface area contributed by atoms with Crippen LogP contribution in [0.5, 0.6) is 11.5 Å². The van der Waals surface area contributed by atoms with Crippen molar-refractivity contribution in [1.29, 1.82) is 0 Å². The molecule has 28 heavy (non-hydrogen) atoms. The van der Waals surface area contributed by atoms with Crippen molar-refractivity contribution < 1.29 is 32.2 Å². The number of carbonyl (C=O) groups excluding carboxylic acids is 2. The normalized spacial score (nSPS) is 10.8. The first-order valence-corrected chi connectivity index (χ1v) is 9.49. The summed E-state index contributed by atoms with van der Waals surface area (Å²) < 4.78 is 41.7. The third-order valence-corrected chi connectivity index (χ3v) is 5.08. The average Bonchev–Trinajstić information content (AvgIpc) is 2.71. The van der Waals surface area contributed by atoms with Crippen LogP contribution in [0.3, 0.4) is 0 Å². The molecule has 150 valence electrons. The second kappa shape index (κ2) is 9.20. The summed E-state index contributed by atoms with van der Waals surface area (Å²) in [4.78, 5) is 23.3. The minimum atomic E-state index is -3.93. The first-order valence-electron chi connectivity index (χ1n) is 8.00. The van der Waals surface area contributed by atoms with E-state index in [0.29, 0.717) is 17.0 Å². The number of hydrogen-bond acceptors (Lipinski definition) is 7. The highest BCUT2D eigenvalue weighted by atomic mass is 32.2. The molecule has 0 fully saturated rings. The maximum Gasteiger partial charge on any atom is 0.337 e. The van der Waals surface area contributed by atoms with Crippen molar-refractivity contribution in [2.24, 2.45) is 0 Å². The van der Waals surface area contributed by atoms with Gasteiger partial charge in [-0.1, -0.05) is 0 Å². The van der Waals surface area contributed by atoms with Gasteiger partial charge in [-0.05, 0) is 36.4 Å². The van der Waals surface area contributed by atoms with Crippen LogP contribution in [0.4, 0.5) is 5.69 Å². The van der Waals surface area contributed by atoms with Crippen LogP contribution < -0.4 is 19.5 Å². The van der Waals surface area contributed by atoms with Gasteiger partial charge < -0.3 is 19.5 Å². The summed E-state index contributed by atoms with van der Waals surface area (Å²) in [6.45, 7) is -0.477. The van der Waals surface area contributed by atoms with E-state index in [9.17, 15) is 18.0 Å². The highest BCUT2D eigenvalue weighted by Crippen LogP contribution is 2.29. The van der Waals surface area contributed by atoms with Gasteiger partial charge in [0.2, 0.25) is 15.9 Å². The molecular formula is C18H20N2O7S. The van der Waals surface area contributed by atoms with Gasteiger partial charge in [-0.3, -0.25) is 4.79 Å². The van der Waals surface area contributed by atoms with Crippen LogP contribution in [0.15, 0.2) is 47.4 Å². The zero-order valence-corrected chi connectivity index (χ0v) is 16.3. The lowest BCUT2D eigenvalue weighted by Gasteiger charge is -2.11.